The monoisotopic (exact) mass is 263 g/mol. The molecule has 0 saturated heterocycles. The maximum atomic E-state index is 8.95. The van der Waals surface area contributed by atoms with E-state index in [0.29, 0.717) is 0 Å². The summed E-state index contributed by atoms with van der Waals surface area (Å²) in [6.07, 6.45) is 6.94. The van der Waals surface area contributed by atoms with Crippen molar-refractivity contribution in [3.05, 3.63) is 53.0 Å². The average Bonchev–Trinajstić information content (AvgIpc) is 2.29. The molecular weight excluding hydrogens is 249 g/mol. The van der Waals surface area contributed by atoms with Gasteiger partial charge in [0.25, 0.3) is 0 Å². The standard InChI is InChI=1S/C13H13NSe/c1-2-3-5-10-13(11-14)15-12-8-6-4-7-9-12/h3-10H,2H2,1H3/b5-3+,13-10+. The first-order valence-electron chi connectivity index (χ1n) is 4.86. The zero-order valence-corrected chi connectivity index (χ0v) is 10.4. The third kappa shape index (κ3) is 4.65. The molecule has 15 heavy (non-hydrogen) atoms. The van der Waals surface area contributed by atoms with Gasteiger partial charge < -0.3 is 0 Å². The molecule has 0 atom stereocenters. The van der Waals surface area contributed by atoms with E-state index in [-0.39, 0.29) is 15.0 Å². The Morgan fingerprint density at radius 1 is 1.40 bits per heavy atom. The molecule has 0 radical (unpaired) electrons. The summed E-state index contributed by atoms with van der Waals surface area (Å²) in [5.74, 6) is 0. The van der Waals surface area contributed by atoms with Crippen LogP contribution >= 0.6 is 0 Å². The molecule has 1 rings (SSSR count). The van der Waals surface area contributed by atoms with Crippen molar-refractivity contribution in [3.63, 3.8) is 0 Å². The molecule has 0 aliphatic heterocycles. The van der Waals surface area contributed by atoms with E-state index in [2.05, 4.69) is 31.2 Å². The number of allylic oxidation sites excluding steroid dienone is 4. The third-order valence-electron chi connectivity index (χ3n) is 1.70. The predicted molar refractivity (Wildman–Crippen MR) is 65.0 cm³/mol. The molecule has 0 bridgehead atoms. The fraction of sp³-hybridized carbons (Fsp3) is 0.154. The van der Waals surface area contributed by atoms with Crippen molar-refractivity contribution in [1.29, 1.82) is 5.26 Å². The van der Waals surface area contributed by atoms with Crippen LogP contribution in [0.4, 0.5) is 0 Å². The van der Waals surface area contributed by atoms with Gasteiger partial charge in [0, 0.05) is 0 Å². The van der Waals surface area contributed by atoms with Crippen molar-refractivity contribution in [1.82, 2.24) is 0 Å². The molecule has 0 aliphatic carbocycles. The van der Waals surface area contributed by atoms with Crippen LogP contribution in [0.5, 0.6) is 0 Å². The summed E-state index contributed by atoms with van der Waals surface area (Å²) >= 11 is 0.133. The Labute approximate surface area is 97.3 Å². The molecule has 0 amide bonds. The van der Waals surface area contributed by atoms with Crippen LogP contribution in [0.15, 0.2) is 53.0 Å². The molecule has 0 saturated carbocycles. The van der Waals surface area contributed by atoms with Gasteiger partial charge in [-0.25, -0.2) is 0 Å². The van der Waals surface area contributed by atoms with E-state index in [1.54, 1.807) is 0 Å². The van der Waals surface area contributed by atoms with E-state index in [4.69, 9.17) is 5.26 Å². The summed E-state index contributed by atoms with van der Waals surface area (Å²) in [4.78, 5) is 0. The Bertz CT molecular complexity index is 385. The molecule has 1 aromatic carbocycles. The van der Waals surface area contributed by atoms with E-state index >= 15 is 0 Å². The number of nitriles is 1. The second kappa shape index (κ2) is 7.06. The molecule has 0 N–H and O–H groups in total. The van der Waals surface area contributed by atoms with Crippen LogP contribution in [0, 0.1) is 11.3 Å². The molecule has 0 aliphatic rings. The Balaban J connectivity index is 2.67. The Morgan fingerprint density at radius 3 is 2.73 bits per heavy atom. The van der Waals surface area contributed by atoms with Crippen LogP contribution in [0.1, 0.15) is 13.3 Å². The summed E-state index contributed by atoms with van der Waals surface area (Å²) in [5.41, 5.74) is 0. The number of hydrogen-bond donors (Lipinski definition) is 0. The van der Waals surface area contributed by atoms with Gasteiger partial charge in [-0.1, -0.05) is 0 Å². The zero-order chi connectivity index (χ0) is 10.9. The Kier molecular flexibility index (Phi) is 5.55. The van der Waals surface area contributed by atoms with Crippen LogP contribution in [0.25, 0.3) is 0 Å². The Morgan fingerprint density at radius 2 is 2.13 bits per heavy atom. The van der Waals surface area contributed by atoms with Gasteiger partial charge in [-0.05, 0) is 0 Å². The summed E-state index contributed by atoms with van der Waals surface area (Å²) in [6, 6.07) is 12.4. The fourth-order valence-electron chi connectivity index (χ4n) is 1.00. The number of benzene rings is 1. The van der Waals surface area contributed by atoms with Crippen LogP contribution in [0.3, 0.4) is 0 Å². The number of hydrogen-bond acceptors (Lipinski definition) is 1. The van der Waals surface area contributed by atoms with Gasteiger partial charge in [-0.2, -0.15) is 0 Å². The van der Waals surface area contributed by atoms with Crippen molar-refractivity contribution in [2.75, 3.05) is 0 Å². The Hall–Kier alpha value is -1.29. The third-order valence-corrected chi connectivity index (χ3v) is 3.70. The van der Waals surface area contributed by atoms with Gasteiger partial charge in [-0.15, -0.1) is 0 Å². The van der Waals surface area contributed by atoms with E-state index in [9.17, 15) is 0 Å². The maximum absolute atomic E-state index is 8.95. The van der Waals surface area contributed by atoms with Crippen molar-refractivity contribution in [2.24, 2.45) is 0 Å². The summed E-state index contributed by atoms with van der Waals surface area (Å²) in [7, 11) is 0. The fourth-order valence-corrected chi connectivity index (χ4v) is 2.55. The first-order chi connectivity index (χ1) is 7.36. The molecular formula is C13H13NSe. The van der Waals surface area contributed by atoms with Gasteiger partial charge in [0.15, 0.2) is 0 Å². The van der Waals surface area contributed by atoms with Gasteiger partial charge in [0.1, 0.15) is 0 Å². The number of rotatable bonds is 4. The van der Waals surface area contributed by atoms with Crippen LogP contribution in [0.2, 0.25) is 0 Å². The first kappa shape index (κ1) is 11.8. The molecule has 0 aromatic heterocycles. The molecule has 0 unspecified atom stereocenters. The minimum atomic E-state index is 0.133. The van der Waals surface area contributed by atoms with Crippen LogP contribution in [-0.2, 0) is 0 Å². The summed E-state index contributed by atoms with van der Waals surface area (Å²) in [5, 5.41) is 8.95. The van der Waals surface area contributed by atoms with E-state index in [0.717, 1.165) is 10.9 Å². The SMILES string of the molecule is CC/C=C/C=C(\C#N)[Se]c1ccccc1. The summed E-state index contributed by atoms with van der Waals surface area (Å²) in [6.45, 7) is 2.08. The van der Waals surface area contributed by atoms with Gasteiger partial charge in [0.05, 0.1) is 0 Å². The quantitative estimate of drug-likeness (QED) is 0.464. The molecule has 1 aromatic rings. The van der Waals surface area contributed by atoms with Crippen molar-refractivity contribution in [3.8, 4) is 6.07 Å². The van der Waals surface area contributed by atoms with Crippen molar-refractivity contribution >= 4 is 19.4 Å². The van der Waals surface area contributed by atoms with E-state index in [1.807, 2.05) is 30.4 Å². The molecule has 0 heterocycles. The zero-order valence-electron chi connectivity index (χ0n) is 8.68. The van der Waals surface area contributed by atoms with Gasteiger partial charge in [-0.3, -0.25) is 0 Å². The van der Waals surface area contributed by atoms with Gasteiger partial charge in [0.2, 0.25) is 0 Å². The van der Waals surface area contributed by atoms with Crippen molar-refractivity contribution < 1.29 is 0 Å². The average molecular weight is 262 g/mol. The molecule has 2 heteroatoms. The second-order valence-electron chi connectivity index (χ2n) is 2.89. The molecule has 0 fully saturated rings. The minimum absolute atomic E-state index is 0.133. The predicted octanol–water partition coefficient (Wildman–Crippen LogP) is 2.39. The first-order valence-corrected chi connectivity index (χ1v) is 6.58. The van der Waals surface area contributed by atoms with Crippen LogP contribution < -0.4 is 4.46 Å². The van der Waals surface area contributed by atoms with Crippen molar-refractivity contribution in [2.45, 2.75) is 13.3 Å². The van der Waals surface area contributed by atoms with Gasteiger partial charge >= 0.3 is 97.1 Å². The normalized spacial score (nSPS) is 11.6. The van der Waals surface area contributed by atoms with E-state index < -0.39 is 0 Å². The molecule has 76 valence electrons. The topological polar surface area (TPSA) is 23.8 Å². The molecule has 1 nitrogen and oxygen atoms in total. The summed E-state index contributed by atoms with van der Waals surface area (Å²) < 4.78 is 2.10. The second-order valence-corrected chi connectivity index (χ2v) is 5.23. The molecule has 0 spiro atoms. The number of nitrogens with zero attached hydrogens (tertiary/aromatic N) is 1. The van der Waals surface area contributed by atoms with E-state index in [1.165, 1.54) is 4.46 Å². The van der Waals surface area contributed by atoms with Crippen LogP contribution in [-0.4, -0.2) is 15.0 Å².